The summed E-state index contributed by atoms with van der Waals surface area (Å²) in [5.41, 5.74) is 0. The zero-order chi connectivity index (χ0) is 14.2. The molecule has 0 aliphatic carbocycles. The Labute approximate surface area is 143 Å². The molecule has 0 aromatic heterocycles. The third-order valence-electron chi connectivity index (χ3n) is 2.21. The SMILES string of the molecule is Oc1c(Br)cc(Oc2cc(Br)cc(Br)c2O)cc1Br. The second kappa shape index (κ2) is 6.03. The summed E-state index contributed by atoms with van der Waals surface area (Å²) in [6.07, 6.45) is 0. The van der Waals surface area contributed by atoms with E-state index in [1.54, 1.807) is 24.3 Å². The third-order valence-corrected chi connectivity index (χ3v) is 4.48. The van der Waals surface area contributed by atoms with Gasteiger partial charge in [-0.15, -0.1) is 0 Å². The number of rotatable bonds is 2. The largest absolute Gasteiger partial charge is 0.506 e. The van der Waals surface area contributed by atoms with Gasteiger partial charge in [-0.2, -0.15) is 0 Å². The van der Waals surface area contributed by atoms with E-state index in [-0.39, 0.29) is 11.5 Å². The number of hydrogen-bond acceptors (Lipinski definition) is 3. The minimum absolute atomic E-state index is 0.00326. The summed E-state index contributed by atoms with van der Waals surface area (Å²) >= 11 is 13.0. The van der Waals surface area contributed by atoms with E-state index >= 15 is 0 Å². The van der Waals surface area contributed by atoms with Gasteiger partial charge in [0.25, 0.3) is 0 Å². The lowest BCUT2D eigenvalue weighted by molar-refractivity contribution is 0.407. The van der Waals surface area contributed by atoms with Crippen molar-refractivity contribution in [2.75, 3.05) is 0 Å². The number of phenols is 2. The summed E-state index contributed by atoms with van der Waals surface area (Å²) in [5, 5.41) is 19.5. The van der Waals surface area contributed by atoms with Crippen molar-refractivity contribution < 1.29 is 14.9 Å². The summed E-state index contributed by atoms with van der Waals surface area (Å²) in [6, 6.07) is 6.57. The molecule has 2 N–H and O–H groups in total. The van der Waals surface area contributed by atoms with Gasteiger partial charge in [0.15, 0.2) is 11.5 Å². The van der Waals surface area contributed by atoms with Crippen molar-refractivity contribution in [2.45, 2.75) is 0 Å². The normalized spacial score (nSPS) is 10.5. The maximum absolute atomic E-state index is 9.91. The molecule has 0 heterocycles. The number of benzene rings is 2. The fourth-order valence-electron chi connectivity index (χ4n) is 1.35. The van der Waals surface area contributed by atoms with Crippen LogP contribution in [0.2, 0.25) is 0 Å². The molecule has 2 aromatic rings. The molecule has 0 amide bonds. The van der Waals surface area contributed by atoms with E-state index in [0.29, 0.717) is 24.9 Å². The van der Waals surface area contributed by atoms with Crippen LogP contribution in [0.15, 0.2) is 42.2 Å². The highest BCUT2D eigenvalue weighted by Gasteiger charge is 2.12. The lowest BCUT2D eigenvalue weighted by atomic mass is 10.3. The smallest absolute Gasteiger partial charge is 0.172 e. The molecule has 0 atom stereocenters. The number of phenolic OH excluding ortho intramolecular Hbond substituents is 2. The van der Waals surface area contributed by atoms with Crippen LogP contribution in [0.1, 0.15) is 0 Å². The number of hydrogen-bond donors (Lipinski definition) is 2. The zero-order valence-corrected chi connectivity index (χ0v) is 15.5. The molecule has 2 rings (SSSR count). The molecule has 2 aromatic carbocycles. The van der Waals surface area contributed by atoms with Crippen molar-refractivity contribution in [3.05, 3.63) is 42.2 Å². The van der Waals surface area contributed by atoms with Gasteiger partial charge < -0.3 is 14.9 Å². The monoisotopic (exact) mass is 514 g/mol. The van der Waals surface area contributed by atoms with E-state index in [4.69, 9.17) is 4.74 Å². The second-order valence-corrected chi connectivity index (χ2v) is 7.05. The molecule has 0 unspecified atom stereocenters. The summed E-state index contributed by atoms with van der Waals surface area (Å²) in [4.78, 5) is 0. The molecule has 0 aliphatic heterocycles. The minimum Gasteiger partial charge on any atom is -0.506 e. The Bertz CT molecular complexity index is 620. The van der Waals surface area contributed by atoms with Crippen LogP contribution in [0.25, 0.3) is 0 Å². The van der Waals surface area contributed by atoms with E-state index < -0.39 is 0 Å². The summed E-state index contributed by atoms with van der Waals surface area (Å²) in [5.74, 6) is 0.859. The first-order valence-corrected chi connectivity index (χ1v) is 8.09. The number of aromatic hydroxyl groups is 2. The van der Waals surface area contributed by atoms with Gasteiger partial charge in [-0.25, -0.2) is 0 Å². The summed E-state index contributed by atoms with van der Waals surface area (Å²) < 4.78 is 7.88. The predicted octanol–water partition coefficient (Wildman–Crippen LogP) is 5.94. The summed E-state index contributed by atoms with van der Waals surface area (Å²) in [6.45, 7) is 0. The average Bonchev–Trinajstić information content (AvgIpc) is 2.32. The lowest BCUT2D eigenvalue weighted by Gasteiger charge is -2.11. The first kappa shape index (κ1) is 15.2. The topological polar surface area (TPSA) is 49.7 Å². The quantitative estimate of drug-likeness (QED) is 0.518. The molecule has 0 bridgehead atoms. The van der Waals surface area contributed by atoms with Crippen molar-refractivity contribution in [1.82, 2.24) is 0 Å². The molecule has 100 valence electrons. The van der Waals surface area contributed by atoms with Crippen LogP contribution in [0.4, 0.5) is 0 Å². The van der Waals surface area contributed by atoms with Gasteiger partial charge >= 0.3 is 0 Å². The molecule has 3 nitrogen and oxygen atoms in total. The fraction of sp³-hybridized carbons (Fsp3) is 0. The Kier molecular flexibility index (Phi) is 4.81. The minimum atomic E-state index is 0.00326. The van der Waals surface area contributed by atoms with Gasteiger partial charge in [0, 0.05) is 4.47 Å². The van der Waals surface area contributed by atoms with Gasteiger partial charge in [-0.1, -0.05) is 15.9 Å². The van der Waals surface area contributed by atoms with Gasteiger partial charge in [0.05, 0.1) is 13.4 Å². The molecular weight excluding hydrogens is 512 g/mol. The van der Waals surface area contributed by atoms with Gasteiger partial charge in [-0.3, -0.25) is 0 Å². The van der Waals surface area contributed by atoms with Crippen LogP contribution in [0.3, 0.4) is 0 Å². The zero-order valence-electron chi connectivity index (χ0n) is 9.12. The van der Waals surface area contributed by atoms with Crippen molar-refractivity contribution in [3.8, 4) is 23.0 Å². The maximum atomic E-state index is 9.91. The molecule has 19 heavy (non-hydrogen) atoms. The van der Waals surface area contributed by atoms with Crippen LogP contribution >= 0.6 is 63.7 Å². The highest BCUT2D eigenvalue weighted by atomic mass is 79.9. The van der Waals surface area contributed by atoms with E-state index in [1.165, 1.54) is 0 Å². The Morgan fingerprint density at radius 3 is 1.84 bits per heavy atom. The molecule has 0 radical (unpaired) electrons. The standard InChI is InChI=1S/C12H6Br4O3/c13-5-1-7(14)12(18)10(2-5)19-6-3-8(15)11(17)9(16)4-6/h1-4,17-18H. The van der Waals surface area contributed by atoms with Gasteiger partial charge in [-0.05, 0) is 72.1 Å². The Morgan fingerprint density at radius 2 is 1.26 bits per heavy atom. The molecule has 0 saturated heterocycles. The van der Waals surface area contributed by atoms with Crippen molar-refractivity contribution in [1.29, 1.82) is 0 Å². The van der Waals surface area contributed by atoms with Crippen LogP contribution in [0, 0.1) is 0 Å². The van der Waals surface area contributed by atoms with Crippen LogP contribution in [-0.4, -0.2) is 10.2 Å². The van der Waals surface area contributed by atoms with Gasteiger partial charge in [0.2, 0.25) is 0 Å². The van der Waals surface area contributed by atoms with Crippen molar-refractivity contribution >= 4 is 63.7 Å². The first-order valence-electron chi connectivity index (χ1n) is 4.92. The Morgan fingerprint density at radius 1 is 0.737 bits per heavy atom. The van der Waals surface area contributed by atoms with Crippen molar-refractivity contribution in [2.24, 2.45) is 0 Å². The molecule has 0 aliphatic rings. The number of ether oxygens (including phenoxy) is 1. The second-order valence-electron chi connectivity index (χ2n) is 3.57. The summed E-state index contributed by atoms with van der Waals surface area (Å²) in [7, 11) is 0. The van der Waals surface area contributed by atoms with Crippen LogP contribution in [-0.2, 0) is 0 Å². The number of halogens is 4. The molecule has 0 spiro atoms. The molecular formula is C12H6Br4O3. The predicted molar refractivity (Wildman–Crippen MR) is 87.1 cm³/mol. The highest BCUT2D eigenvalue weighted by Crippen LogP contribution is 2.42. The average molecular weight is 518 g/mol. The third kappa shape index (κ3) is 3.45. The van der Waals surface area contributed by atoms with E-state index in [9.17, 15) is 10.2 Å². The van der Waals surface area contributed by atoms with E-state index in [1.807, 2.05) is 0 Å². The maximum Gasteiger partial charge on any atom is 0.172 e. The van der Waals surface area contributed by atoms with Crippen molar-refractivity contribution in [3.63, 3.8) is 0 Å². The molecule has 0 saturated carbocycles. The Hall–Kier alpha value is -0.240. The highest BCUT2D eigenvalue weighted by molar-refractivity contribution is 9.11. The van der Waals surface area contributed by atoms with Crippen LogP contribution < -0.4 is 4.74 Å². The Balaban J connectivity index is 2.42. The fourth-order valence-corrected chi connectivity index (χ4v) is 3.68. The van der Waals surface area contributed by atoms with E-state index in [2.05, 4.69) is 63.7 Å². The first-order chi connectivity index (χ1) is 8.88. The van der Waals surface area contributed by atoms with Gasteiger partial charge in [0.1, 0.15) is 11.5 Å². The lowest BCUT2D eigenvalue weighted by Crippen LogP contribution is -1.87. The molecule has 7 heteroatoms. The molecule has 0 fully saturated rings. The van der Waals surface area contributed by atoms with Crippen LogP contribution in [0.5, 0.6) is 23.0 Å². The van der Waals surface area contributed by atoms with E-state index in [0.717, 1.165) is 4.47 Å².